The fourth-order valence-electron chi connectivity index (χ4n) is 3.41. The molecule has 2 aromatic carbocycles. The van der Waals surface area contributed by atoms with Gasteiger partial charge in [-0.15, -0.1) is 0 Å². The SMILES string of the molecule is O=C1CCC(N2C(=O)c3cccc(Sc4ccc(C(F)(F)F)cc4)c3C2=O)C(=O)N1. The van der Waals surface area contributed by atoms with E-state index in [1.165, 1.54) is 18.2 Å². The van der Waals surface area contributed by atoms with Crippen molar-refractivity contribution in [3.05, 3.63) is 59.2 Å². The topological polar surface area (TPSA) is 83.6 Å². The Balaban J connectivity index is 1.63. The van der Waals surface area contributed by atoms with Crippen LogP contribution in [0.2, 0.25) is 0 Å². The van der Waals surface area contributed by atoms with Gasteiger partial charge in [0.2, 0.25) is 11.8 Å². The van der Waals surface area contributed by atoms with E-state index in [0.29, 0.717) is 9.79 Å². The van der Waals surface area contributed by atoms with Gasteiger partial charge in [0.05, 0.1) is 16.7 Å². The summed E-state index contributed by atoms with van der Waals surface area (Å²) in [4.78, 5) is 51.0. The summed E-state index contributed by atoms with van der Waals surface area (Å²) in [5.41, 5.74) is -0.584. The van der Waals surface area contributed by atoms with Crippen LogP contribution in [0.15, 0.2) is 52.3 Å². The minimum absolute atomic E-state index is 0.0109. The molecule has 2 heterocycles. The van der Waals surface area contributed by atoms with Crippen LogP contribution in [0.1, 0.15) is 39.1 Å². The maximum atomic E-state index is 13.0. The first kappa shape index (κ1) is 20.1. The second-order valence-corrected chi connectivity index (χ2v) is 7.87. The average molecular weight is 434 g/mol. The molecule has 1 unspecified atom stereocenters. The number of benzene rings is 2. The van der Waals surface area contributed by atoms with Crippen LogP contribution in [-0.4, -0.2) is 34.6 Å². The van der Waals surface area contributed by atoms with Crippen molar-refractivity contribution in [2.75, 3.05) is 0 Å². The van der Waals surface area contributed by atoms with E-state index in [1.807, 2.05) is 0 Å². The molecule has 1 fully saturated rings. The van der Waals surface area contributed by atoms with Gasteiger partial charge < -0.3 is 0 Å². The van der Waals surface area contributed by atoms with Gasteiger partial charge in [-0.25, -0.2) is 0 Å². The van der Waals surface area contributed by atoms with Gasteiger partial charge in [0.15, 0.2) is 0 Å². The molecule has 0 spiro atoms. The van der Waals surface area contributed by atoms with Gasteiger partial charge in [-0.05, 0) is 42.8 Å². The Morgan fingerprint density at radius 2 is 1.67 bits per heavy atom. The lowest BCUT2D eigenvalue weighted by atomic mass is 10.0. The molecule has 1 saturated heterocycles. The standard InChI is InChI=1S/C20H13F3N2O4S/c21-20(22,23)10-4-6-11(7-5-10)30-14-3-1-2-12-16(14)19(29)25(18(12)28)13-8-9-15(26)24-17(13)27/h1-7,13H,8-9H2,(H,24,26,27). The Bertz CT molecular complexity index is 1080. The molecule has 154 valence electrons. The number of nitrogens with one attached hydrogen (secondary N) is 1. The zero-order valence-electron chi connectivity index (χ0n) is 15.2. The van der Waals surface area contributed by atoms with Crippen molar-refractivity contribution in [1.29, 1.82) is 0 Å². The number of hydrogen-bond donors (Lipinski definition) is 1. The van der Waals surface area contributed by atoms with Crippen LogP contribution in [-0.2, 0) is 15.8 Å². The van der Waals surface area contributed by atoms with Gasteiger partial charge in [-0.1, -0.05) is 17.8 Å². The highest BCUT2D eigenvalue weighted by Crippen LogP contribution is 2.38. The Kier molecular flexibility index (Phi) is 4.89. The third-order valence-electron chi connectivity index (χ3n) is 4.84. The molecule has 1 atom stereocenters. The summed E-state index contributed by atoms with van der Waals surface area (Å²) in [5.74, 6) is -2.48. The van der Waals surface area contributed by atoms with Crippen molar-refractivity contribution in [3.8, 4) is 0 Å². The summed E-state index contributed by atoms with van der Waals surface area (Å²) in [6, 6.07) is 7.96. The molecule has 4 amide bonds. The predicted octanol–water partition coefficient (Wildman–Crippen LogP) is 3.26. The summed E-state index contributed by atoms with van der Waals surface area (Å²) < 4.78 is 38.2. The van der Waals surface area contributed by atoms with Crippen molar-refractivity contribution < 1.29 is 32.3 Å². The number of carbonyl (C=O) groups is 4. The minimum atomic E-state index is -4.46. The lowest BCUT2D eigenvalue weighted by Gasteiger charge is -2.27. The van der Waals surface area contributed by atoms with E-state index < -0.39 is 41.4 Å². The van der Waals surface area contributed by atoms with Gasteiger partial charge >= 0.3 is 6.18 Å². The van der Waals surface area contributed by atoms with Crippen LogP contribution in [0, 0.1) is 0 Å². The third kappa shape index (κ3) is 3.47. The molecule has 1 N–H and O–H groups in total. The number of fused-ring (bicyclic) bond motifs is 1. The number of carbonyl (C=O) groups excluding carboxylic acids is 4. The fraction of sp³-hybridized carbons (Fsp3) is 0.200. The zero-order valence-corrected chi connectivity index (χ0v) is 16.0. The molecule has 0 bridgehead atoms. The molecule has 0 aromatic heterocycles. The number of nitrogens with zero attached hydrogens (tertiary/aromatic N) is 1. The summed E-state index contributed by atoms with van der Waals surface area (Å²) in [7, 11) is 0. The number of alkyl halides is 3. The molecule has 30 heavy (non-hydrogen) atoms. The maximum absolute atomic E-state index is 13.0. The summed E-state index contributed by atoms with van der Waals surface area (Å²) >= 11 is 1.05. The third-order valence-corrected chi connectivity index (χ3v) is 5.91. The Morgan fingerprint density at radius 1 is 0.967 bits per heavy atom. The molecule has 6 nitrogen and oxygen atoms in total. The first-order valence-electron chi connectivity index (χ1n) is 8.86. The van der Waals surface area contributed by atoms with E-state index in [0.717, 1.165) is 28.8 Å². The van der Waals surface area contributed by atoms with Crippen LogP contribution in [0.4, 0.5) is 13.2 Å². The van der Waals surface area contributed by atoms with Crippen LogP contribution in [0.25, 0.3) is 0 Å². The number of piperidine rings is 1. The van der Waals surface area contributed by atoms with Crippen molar-refractivity contribution >= 4 is 35.4 Å². The van der Waals surface area contributed by atoms with E-state index in [-0.39, 0.29) is 24.0 Å². The lowest BCUT2D eigenvalue weighted by Crippen LogP contribution is -2.54. The van der Waals surface area contributed by atoms with Crippen LogP contribution < -0.4 is 5.32 Å². The first-order chi connectivity index (χ1) is 14.2. The quantitative estimate of drug-likeness (QED) is 0.750. The fourth-order valence-corrected chi connectivity index (χ4v) is 4.38. The van der Waals surface area contributed by atoms with Crippen molar-refractivity contribution in [1.82, 2.24) is 10.2 Å². The maximum Gasteiger partial charge on any atom is 0.416 e. The Morgan fingerprint density at radius 3 is 2.30 bits per heavy atom. The highest BCUT2D eigenvalue weighted by atomic mass is 32.2. The molecule has 2 aliphatic heterocycles. The highest BCUT2D eigenvalue weighted by molar-refractivity contribution is 7.99. The van der Waals surface area contributed by atoms with Crippen LogP contribution >= 0.6 is 11.8 Å². The van der Waals surface area contributed by atoms with E-state index in [9.17, 15) is 32.3 Å². The monoisotopic (exact) mass is 434 g/mol. The number of rotatable bonds is 3. The summed E-state index contributed by atoms with van der Waals surface area (Å²) in [5, 5.41) is 2.12. The Hall–Kier alpha value is -3.14. The molecular weight excluding hydrogens is 421 g/mol. The highest BCUT2D eigenvalue weighted by Gasteiger charge is 2.45. The number of imide groups is 2. The van der Waals surface area contributed by atoms with Crippen LogP contribution in [0.5, 0.6) is 0 Å². The summed E-state index contributed by atoms with van der Waals surface area (Å²) in [6.07, 6.45) is -4.41. The second kappa shape index (κ2) is 7.28. The van der Waals surface area contributed by atoms with E-state index in [1.54, 1.807) is 12.1 Å². The number of hydrogen-bond acceptors (Lipinski definition) is 5. The van der Waals surface area contributed by atoms with Gasteiger partial charge in [0, 0.05) is 16.2 Å². The second-order valence-electron chi connectivity index (χ2n) is 6.75. The minimum Gasteiger partial charge on any atom is -0.295 e. The molecule has 0 saturated carbocycles. The van der Waals surface area contributed by atoms with Gasteiger partial charge in [0.1, 0.15) is 6.04 Å². The Labute approximate surface area is 172 Å². The van der Waals surface area contributed by atoms with Crippen molar-refractivity contribution in [3.63, 3.8) is 0 Å². The lowest BCUT2D eigenvalue weighted by molar-refractivity contribution is -0.138. The van der Waals surface area contributed by atoms with Gasteiger partial charge in [-0.3, -0.25) is 29.4 Å². The van der Waals surface area contributed by atoms with E-state index in [4.69, 9.17) is 0 Å². The largest absolute Gasteiger partial charge is 0.416 e. The van der Waals surface area contributed by atoms with Gasteiger partial charge in [0.25, 0.3) is 11.8 Å². The van der Waals surface area contributed by atoms with Gasteiger partial charge in [-0.2, -0.15) is 13.2 Å². The van der Waals surface area contributed by atoms with Crippen molar-refractivity contribution in [2.45, 2.75) is 34.9 Å². The molecule has 2 aromatic rings. The predicted molar refractivity (Wildman–Crippen MR) is 98.7 cm³/mol. The molecule has 4 rings (SSSR count). The summed E-state index contributed by atoms with van der Waals surface area (Å²) in [6.45, 7) is 0. The van der Waals surface area contributed by atoms with E-state index >= 15 is 0 Å². The average Bonchev–Trinajstić information content (AvgIpc) is 2.93. The van der Waals surface area contributed by atoms with E-state index in [2.05, 4.69) is 5.32 Å². The zero-order chi connectivity index (χ0) is 21.6. The normalized spacial score (nSPS) is 19.2. The molecule has 2 aliphatic rings. The number of amides is 4. The molecule has 0 aliphatic carbocycles. The molecule has 0 radical (unpaired) electrons. The molecule has 10 heteroatoms. The smallest absolute Gasteiger partial charge is 0.295 e. The first-order valence-corrected chi connectivity index (χ1v) is 9.68. The molecular formula is C20H13F3N2O4S. The van der Waals surface area contributed by atoms with Crippen molar-refractivity contribution in [2.24, 2.45) is 0 Å². The van der Waals surface area contributed by atoms with Crippen LogP contribution in [0.3, 0.4) is 0 Å². The number of halogens is 3.